The van der Waals surface area contributed by atoms with Crippen molar-refractivity contribution in [1.82, 2.24) is 9.88 Å². The number of ether oxygens (including phenoxy) is 1. The van der Waals surface area contributed by atoms with Crippen molar-refractivity contribution in [2.24, 2.45) is 0 Å². The lowest BCUT2D eigenvalue weighted by atomic mass is 10.0. The van der Waals surface area contributed by atoms with Gasteiger partial charge in [-0.2, -0.15) is 0 Å². The minimum Gasteiger partial charge on any atom is -0.492 e. The van der Waals surface area contributed by atoms with Gasteiger partial charge in [-0.3, -0.25) is 0 Å². The van der Waals surface area contributed by atoms with E-state index in [0.717, 1.165) is 44.7 Å². The molecule has 4 rings (SSSR count). The molecule has 1 aliphatic heterocycles. The van der Waals surface area contributed by atoms with Crippen molar-refractivity contribution >= 4 is 34.3 Å². The molecule has 0 radical (unpaired) electrons. The van der Waals surface area contributed by atoms with Gasteiger partial charge in [-0.25, -0.2) is 0 Å². The molecule has 5 heteroatoms. The van der Waals surface area contributed by atoms with Gasteiger partial charge in [0.05, 0.1) is 16.3 Å². The van der Waals surface area contributed by atoms with E-state index in [2.05, 4.69) is 34.1 Å². The van der Waals surface area contributed by atoms with Gasteiger partial charge in [0.25, 0.3) is 0 Å². The summed E-state index contributed by atoms with van der Waals surface area (Å²) in [5.74, 6) is 1.82. The minimum absolute atomic E-state index is 0.654. The van der Waals surface area contributed by atoms with Crippen LogP contribution in [0, 0.1) is 0 Å². The molecule has 24 heavy (non-hydrogen) atoms. The molecule has 0 saturated carbocycles. The Morgan fingerprint density at radius 1 is 1.21 bits per heavy atom. The Hall–Kier alpha value is -1.62. The molecule has 0 spiro atoms. The summed E-state index contributed by atoms with van der Waals surface area (Å²) in [6.07, 6.45) is 0. The zero-order valence-corrected chi connectivity index (χ0v) is 15.3. The second kappa shape index (κ2) is 6.36. The normalized spacial score (nSPS) is 13.2. The van der Waals surface area contributed by atoms with Gasteiger partial charge in [0.2, 0.25) is 0 Å². The molecule has 0 amide bonds. The van der Waals surface area contributed by atoms with E-state index < -0.39 is 0 Å². The van der Waals surface area contributed by atoms with Crippen LogP contribution in [0.4, 0.5) is 0 Å². The zero-order valence-electron chi connectivity index (χ0n) is 13.7. The zero-order chi connectivity index (χ0) is 16.7. The first kappa shape index (κ1) is 15.9. The van der Waals surface area contributed by atoms with E-state index in [4.69, 9.17) is 16.3 Å². The molecule has 0 bridgehead atoms. The van der Waals surface area contributed by atoms with Gasteiger partial charge in [0.1, 0.15) is 12.4 Å². The highest BCUT2D eigenvalue weighted by molar-refractivity contribution is 7.98. The summed E-state index contributed by atoms with van der Waals surface area (Å²) in [4.78, 5) is 6.80. The average molecular weight is 359 g/mol. The van der Waals surface area contributed by atoms with Crippen LogP contribution in [-0.2, 0) is 5.75 Å². The molecule has 3 nitrogen and oxygen atoms in total. The number of H-pyrrole nitrogens is 1. The second-order valence-corrected chi connectivity index (χ2v) is 7.61. The lowest BCUT2D eigenvalue weighted by molar-refractivity contribution is 0.262. The van der Waals surface area contributed by atoms with E-state index in [9.17, 15) is 0 Å². The Balaban J connectivity index is 1.83. The smallest absolute Gasteiger partial charge is 0.129 e. The maximum atomic E-state index is 6.47. The molecule has 0 atom stereocenters. The van der Waals surface area contributed by atoms with Crippen LogP contribution in [0.2, 0.25) is 5.02 Å². The van der Waals surface area contributed by atoms with Crippen LogP contribution in [0.1, 0.15) is 5.56 Å². The van der Waals surface area contributed by atoms with Crippen molar-refractivity contribution in [2.75, 3.05) is 27.2 Å². The van der Waals surface area contributed by atoms with E-state index in [0.29, 0.717) is 6.61 Å². The fourth-order valence-corrected chi connectivity index (χ4v) is 4.55. The van der Waals surface area contributed by atoms with Crippen molar-refractivity contribution in [1.29, 1.82) is 0 Å². The highest BCUT2D eigenvalue weighted by Gasteiger charge is 2.26. The number of nitrogens with one attached hydrogen (secondary N) is 1. The number of rotatable bonds is 4. The van der Waals surface area contributed by atoms with Crippen LogP contribution in [0.25, 0.3) is 22.2 Å². The molecule has 124 valence electrons. The number of nitrogens with zero attached hydrogens (tertiary/aromatic N) is 1. The highest BCUT2D eigenvalue weighted by atomic mass is 35.5. The molecule has 3 aromatic rings. The summed E-state index contributed by atoms with van der Waals surface area (Å²) in [6.45, 7) is 1.53. The van der Waals surface area contributed by atoms with E-state index in [1.807, 2.05) is 26.2 Å². The van der Waals surface area contributed by atoms with Crippen LogP contribution < -0.4 is 4.74 Å². The molecule has 0 fully saturated rings. The average Bonchev–Trinajstić information content (AvgIpc) is 2.95. The SMILES string of the molecule is CN(C)CCOc1ccc(Cl)c2c1-c1[nH]c3ccccc3c1CS2. The molecule has 0 unspecified atom stereocenters. The molecule has 1 aromatic heterocycles. The lowest BCUT2D eigenvalue weighted by Crippen LogP contribution is -2.19. The van der Waals surface area contributed by atoms with Crippen LogP contribution >= 0.6 is 23.4 Å². The van der Waals surface area contributed by atoms with Gasteiger partial charge in [-0.15, -0.1) is 11.8 Å². The number of thioether (sulfide) groups is 1. The number of aromatic amines is 1. The standard InChI is InChI=1S/C19H19ClN2OS/c1-22(2)9-10-23-16-8-7-14(20)19-17(16)18-13(11-24-19)12-5-3-4-6-15(12)21-18/h3-8,21H,9-11H2,1-2H3. The van der Waals surface area contributed by atoms with Gasteiger partial charge in [0.15, 0.2) is 0 Å². The van der Waals surface area contributed by atoms with Gasteiger partial charge < -0.3 is 14.6 Å². The monoisotopic (exact) mass is 358 g/mol. The number of para-hydroxylation sites is 1. The van der Waals surface area contributed by atoms with E-state index >= 15 is 0 Å². The third-order valence-corrected chi connectivity index (χ3v) is 5.86. The fourth-order valence-electron chi connectivity index (χ4n) is 3.08. The molecule has 0 saturated heterocycles. The Bertz CT molecular complexity index is 904. The number of hydrogen-bond acceptors (Lipinski definition) is 3. The summed E-state index contributed by atoms with van der Waals surface area (Å²) in [5.41, 5.74) is 4.74. The third kappa shape index (κ3) is 2.69. The van der Waals surface area contributed by atoms with Crippen molar-refractivity contribution in [3.8, 4) is 17.0 Å². The number of fused-ring (bicyclic) bond motifs is 5. The van der Waals surface area contributed by atoms with E-state index in [1.54, 1.807) is 11.8 Å². The maximum Gasteiger partial charge on any atom is 0.129 e. The quantitative estimate of drug-likeness (QED) is 0.708. The molecule has 0 aliphatic carbocycles. The van der Waals surface area contributed by atoms with Crippen LogP contribution in [0.3, 0.4) is 0 Å². The minimum atomic E-state index is 0.654. The largest absolute Gasteiger partial charge is 0.492 e. The maximum absolute atomic E-state index is 6.47. The van der Waals surface area contributed by atoms with Gasteiger partial charge in [-0.1, -0.05) is 29.8 Å². The molecule has 1 N–H and O–H groups in total. The Morgan fingerprint density at radius 3 is 2.88 bits per heavy atom. The number of benzene rings is 2. The van der Waals surface area contributed by atoms with Gasteiger partial charge in [0, 0.05) is 28.1 Å². The number of aromatic nitrogens is 1. The van der Waals surface area contributed by atoms with Crippen LogP contribution in [0.5, 0.6) is 5.75 Å². The van der Waals surface area contributed by atoms with Crippen molar-refractivity contribution < 1.29 is 4.74 Å². The number of likely N-dealkylation sites (N-methyl/N-ethyl adjacent to an activating group) is 1. The summed E-state index contributed by atoms with van der Waals surface area (Å²) < 4.78 is 6.09. The Labute approximate surface area is 150 Å². The van der Waals surface area contributed by atoms with Crippen LogP contribution in [0.15, 0.2) is 41.3 Å². The number of hydrogen-bond donors (Lipinski definition) is 1. The predicted octanol–water partition coefficient (Wildman–Crippen LogP) is 5.03. The van der Waals surface area contributed by atoms with Gasteiger partial charge >= 0.3 is 0 Å². The number of halogens is 1. The summed E-state index contributed by atoms with van der Waals surface area (Å²) in [6, 6.07) is 12.4. The Kier molecular flexibility index (Phi) is 4.21. The second-order valence-electron chi connectivity index (χ2n) is 6.21. The summed E-state index contributed by atoms with van der Waals surface area (Å²) in [5, 5.41) is 2.07. The molecule has 1 aliphatic rings. The first-order chi connectivity index (χ1) is 11.6. The fraction of sp³-hybridized carbons (Fsp3) is 0.263. The van der Waals surface area contributed by atoms with Crippen molar-refractivity contribution in [2.45, 2.75) is 10.6 Å². The topological polar surface area (TPSA) is 28.3 Å². The summed E-state index contributed by atoms with van der Waals surface area (Å²) in [7, 11) is 4.10. The summed E-state index contributed by atoms with van der Waals surface area (Å²) >= 11 is 8.25. The van der Waals surface area contributed by atoms with Gasteiger partial charge in [-0.05, 0) is 37.9 Å². The molecular formula is C19H19ClN2OS. The van der Waals surface area contributed by atoms with Crippen molar-refractivity contribution in [3.05, 3.63) is 47.0 Å². The first-order valence-electron chi connectivity index (χ1n) is 7.98. The Morgan fingerprint density at radius 2 is 2.04 bits per heavy atom. The highest BCUT2D eigenvalue weighted by Crippen LogP contribution is 2.50. The predicted molar refractivity (Wildman–Crippen MR) is 102 cm³/mol. The third-order valence-electron chi connectivity index (χ3n) is 4.29. The first-order valence-corrected chi connectivity index (χ1v) is 9.34. The van der Waals surface area contributed by atoms with Crippen molar-refractivity contribution in [3.63, 3.8) is 0 Å². The molecular weight excluding hydrogens is 340 g/mol. The van der Waals surface area contributed by atoms with E-state index in [-0.39, 0.29) is 0 Å². The lowest BCUT2D eigenvalue weighted by Gasteiger charge is -2.21. The molecule has 2 heterocycles. The van der Waals surface area contributed by atoms with Crippen LogP contribution in [-0.4, -0.2) is 37.1 Å². The van der Waals surface area contributed by atoms with E-state index in [1.165, 1.54) is 10.9 Å². The molecule has 2 aromatic carbocycles.